The average Bonchev–Trinajstić information content (AvgIpc) is 2.82. The van der Waals surface area contributed by atoms with Gasteiger partial charge in [-0.1, -0.05) is 0 Å². The van der Waals surface area contributed by atoms with Crippen LogP contribution in [0.5, 0.6) is 0 Å². The summed E-state index contributed by atoms with van der Waals surface area (Å²) in [7, 11) is 0. The lowest BCUT2D eigenvalue weighted by molar-refractivity contribution is 0.195. The largest absolute Gasteiger partial charge is 0.388 e. The molecule has 1 aliphatic rings. The molecule has 14 heavy (non-hydrogen) atoms. The second-order valence-corrected chi connectivity index (χ2v) is 4.17. The van der Waals surface area contributed by atoms with Gasteiger partial charge in [0.05, 0.1) is 0 Å². The summed E-state index contributed by atoms with van der Waals surface area (Å²) in [6.45, 7) is 2.73. The average molecular weight is 199 g/mol. The Morgan fingerprint density at radius 1 is 1.50 bits per heavy atom. The summed E-state index contributed by atoms with van der Waals surface area (Å²) in [6, 6.07) is 0.289. The van der Waals surface area contributed by atoms with Gasteiger partial charge < -0.3 is 9.67 Å². The van der Waals surface area contributed by atoms with E-state index in [4.69, 9.17) is 5.11 Å². The summed E-state index contributed by atoms with van der Waals surface area (Å²) in [5.74, 6) is 0.789. The number of alkyl halides is 1. The fourth-order valence-corrected chi connectivity index (χ4v) is 1.55. The van der Waals surface area contributed by atoms with Crippen molar-refractivity contribution in [2.75, 3.05) is 0 Å². The second-order valence-electron chi connectivity index (χ2n) is 4.17. The van der Waals surface area contributed by atoms with Crippen molar-refractivity contribution < 1.29 is 9.50 Å². The number of rotatable bonds is 3. The Bertz CT molecular complexity index is 338. The first-order valence-electron chi connectivity index (χ1n) is 4.78. The van der Waals surface area contributed by atoms with Crippen LogP contribution in [0.15, 0.2) is 0 Å². The molecule has 4 nitrogen and oxygen atoms in total. The highest BCUT2D eigenvalue weighted by molar-refractivity contribution is 5.07. The first-order valence-corrected chi connectivity index (χ1v) is 4.78. The predicted octanol–water partition coefficient (Wildman–Crippen LogP) is 1.31. The fourth-order valence-electron chi connectivity index (χ4n) is 1.55. The SMILES string of the molecule is CC(C)(F)c1nnc(CO)n1C1CC1. The summed E-state index contributed by atoms with van der Waals surface area (Å²) >= 11 is 0. The molecule has 0 bridgehead atoms. The van der Waals surface area contributed by atoms with Gasteiger partial charge in [0.15, 0.2) is 17.3 Å². The third-order valence-corrected chi connectivity index (χ3v) is 2.35. The highest BCUT2D eigenvalue weighted by Crippen LogP contribution is 2.39. The van der Waals surface area contributed by atoms with Crippen LogP contribution in [0.1, 0.15) is 44.4 Å². The van der Waals surface area contributed by atoms with Gasteiger partial charge in [-0.15, -0.1) is 10.2 Å². The summed E-state index contributed by atoms with van der Waals surface area (Å²) < 4.78 is 15.5. The first-order chi connectivity index (χ1) is 6.54. The van der Waals surface area contributed by atoms with Crippen LogP contribution in [0.25, 0.3) is 0 Å². The van der Waals surface area contributed by atoms with E-state index in [0.717, 1.165) is 12.8 Å². The Balaban J connectivity index is 2.44. The van der Waals surface area contributed by atoms with Crippen LogP contribution in [-0.2, 0) is 12.3 Å². The van der Waals surface area contributed by atoms with E-state index in [1.165, 1.54) is 13.8 Å². The Labute approximate surface area is 81.8 Å². The van der Waals surface area contributed by atoms with E-state index in [0.29, 0.717) is 11.6 Å². The lowest BCUT2D eigenvalue weighted by Crippen LogP contribution is -2.18. The van der Waals surface area contributed by atoms with Crippen molar-refractivity contribution in [2.24, 2.45) is 0 Å². The molecule has 1 N–H and O–H groups in total. The maximum atomic E-state index is 13.7. The highest BCUT2D eigenvalue weighted by atomic mass is 19.1. The number of hydrogen-bond acceptors (Lipinski definition) is 3. The first kappa shape index (κ1) is 9.58. The van der Waals surface area contributed by atoms with Crippen LogP contribution in [0.2, 0.25) is 0 Å². The van der Waals surface area contributed by atoms with E-state index in [1.807, 2.05) is 0 Å². The molecule has 0 radical (unpaired) electrons. The molecule has 0 aliphatic heterocycles. The lowest BCUT2D eigenvalue weighted by atomic mass is 10.1. The van der Waals surface area contributed by atoms with E-state index in [1.54, 1.807) is 4.57 Å². The minimum absolute atomic E-state index is 0.181. The minimum Gasteiger partial charge on any atom is -0.388 e. The molecule has 1 aliphatic carbocycles. The number of aliphatic hydroxyl groups is 1. The summed E-state index contributed by atoms with van der Waals surface area (Å²) in [5, 5.41) is 16.6. The van der Waals surface area contributed by atoms with Crippen LogP contribution in [-0.4, -0.2) is 19.9 Å². The van der Waals surface area contributed by atoms with E-state index in [2.05, 4.69) is 10.2 Å². The van der Waals surface area contributed by atoms with E-state index < -0.39 is 5.67 Å². The van der Waals surface area contributed by atoms with Crippen LogP contribution >= 0.6 is 0 Å². The molecule has 0 spiro atoms. The molecule has 1 aromatic heterocycles. The van der Waals surface area contributed by atoms with Crippen molar-refractivity contribution in [3.63, 3.8) is 0 Å². The summed E-state index contributed by atoms with van der Waals surface area (Å²) in [5.41, 5.74) is -1.50. The van der Waals surface area contributed by atoms with Gasteiger partial charge in [-0.2, -0.15) is 0 Å². The molecule has 0 aromatic carbocycles. The molecule has 1 fully saturated rings. The van der Waals surface area contributed by atoms with Gasteiger partial charge >= 0.3 is 0 Å². The number of hydrogen-bond donors (Lipinski definition) is 1. The van der Waals surface area contributed by atoms with Crippen LogP contribution in [0.4, 0.5) is 4.39 Å². The standard InChI is InChI=1S/C9H14FN3O/c1-9(2,10)8-12-11-7(5-14)13(8)6-3-4-6/h6,14H,3-5H2,1-2H3. The third kappa shape index (κ3) is 1.52. The molecule has 0 unspecified atom stereocenters. The summed E-state index contributed by atoms with van der Waals surface area (Å²) in [4.78, 5) is 0. The zero-order valence-corrected chi connectivity index (χ0v) is 8.37. The molecule has 0 atom stereocenters. The van der Waals surface area contributed by atoms with Crippen molar-refractivity contribution in [3.05, 3.63) is 11.6 Å². The van der Waals surface area contributed by atoms with Crippen molar-refractivity contribution in [1.82, 2.24) is 14.8 Å². The number of aromatic nitrogens is 3. The maximum absolute atomic E-state index is 13.7. The Morgan fingerprint density at radius 2 is 2.14 bits per heavy atom. The topological polar surface area (TPSA) is 50.9 Å². The molecular formula is C9H14FN3O. The number of halogens is 1. The van der Waals surface area contributed by atoms with E-state index >= 15 is 0 Å². The van der Waals surface area contributed by atoms with Crippen molar-refractivity contribution in [1.29, 1.82) is 0 Å². The molecule has 0 saturated heterocycles. The van der Waals surface area contributed by atoms with Gasteiger partial charge in [-0.05, 0) is 26.7 Å². The minimum atomic E-state index is -1.50. The van der Waals surface area contributed by atoms with Crippen molar-refractivity contribution in [3.8, 4) is 0 Å². The van der Waals surface area contributed by atoms with E-state index in [9.17, 15) is 4.39 Å². The number of nitrogens with zero attached hydrogens (tertiary/aromatic N) is 3. The van der Waals surface area contributed by atoms with Gasteiger partial charge in [0, 0.05) is 6.04 Å². The zero-order valence-electron chi connectivity index (χ0n) is 8.37. The Kier molecular flexibility index (Phi) is 2.06. The highest BCUT2D eigenvalue weighted by Gasteiger charge is 2.35. The monoisotopic (exact) mass is 199 g/mol. The molecule has 5 heteroatoms. The van der Waals surface area contributed by atoms with Crippen molar-refractivity contribution in [2.45, 2.75) is 45.0 Å². The molecule has 1 aromatic rings. The normalized spacial score (nSPS) is 17.4. The van der Waals surface area contributed by atoms with Gasteiger partial charge in [-0.3, -0.25) is 0 Å². The Hall–Kier alpha value is -0.970. The van der Waals surface area contributed by atoms with Crippen LogP contribution in [0, 0.1) is 0 Å². The van der Waals surface area contributed by atoms with Gasteiger partial charge in [0.1, 0.15) is 6.61 Å². The molecule has 1 heterocycles. The predicted molar refractivity (Wildman–Crippen MR) is 48.3 cm³/mol. The number of aliphatic hydroxyl groups excluding tert-OH is 1. The molecule has 1 saturated carbocycles. The van der Waals surface area contributed by atoms with Gasteiger partial charge in [0.25, 0.3) is 0 Å². The summed E-state index contributed by atoms with van der Waals surface area (Å²) in [6.07, 6.45) is 2.04. The van der Waals surface area contributed by atoms with Gasteiger partial charge in [-0.25, -0.2) is 4.39 Å². The lowest BCUT2D eigenvalue weighted by Gasteiger charge is -2.15. The second kappa shape index (κ2) is 3.02. The van der Waals surface area contributed by atoms with Crippen LogP contribution in [0.3, 0.4) is 0 Å². The smallest absolute Gasteiger partial charge is 0.170 e. The third-order valence-electron chi connectivity index (χ3n) is 2.35. The molecule has 0 amide bonds. The van der Waals surface area contributed by atoms with Gasteiger partial charge in [0.2, 0.25) is 0 Å². The van der Waals surface area contributed by atoms with Crippen LogP contribution < -0.4 is 0 Å². The zero-order chi connectivity index (χ0) is 10.3. The molecule has 78 valence electrons. The van der Waals surface area contributed by atoms with Crippen molar-refractivity contribution >= 4 is 0 Å². The van der Waals surface area contributed by atoms with E-state index in [-0.39, 0.29) is 12.6 Å². The fraction of sp³-hybridized carbons (Fsp3) is 0.778. The molecule has 2 rings (SSSR count). The maximum Gasteiger partial charge on any atom is 0.170 e. The Morgan fingerprint density at radius 3 is 2.57 bits per heavy atom. The quantitative estimate of drug-likeness (QED) is 0.798. The molecular weight excluding hydrogens is 185 g/mol.